The van der Waals surface area contributed by atoms with Gasteiger partial charge in [-0.3, -0.25) is 0 Å². The van der Waals surface area contributed by atoms with Gasteiger partial charge in [-0.05, 0) is 68.1 Å². The lowest BCUT2D eigenvalue weighted by molar-refractivity contribution is -0.0641. The van der Waals surface area contributed by atoms with Crippen molar-refractivity contribution in [1.29, 1.82) is 0 Å². The van der Waals surface area contributed by atoms with Gasteiger partial charge in [0.05, 0.1) is 5.69 Å². The minimum absolute atomic E-state index is 0.511. The highest BCUT2D eigenvalue weighted by atomic mass is 15.4. The van der Waals surface area contributed by atoms with Crippen LogP contribution in [-0.2, 0) is 13.0 Å². The number of nitrogens with two attached hydrogens (primary N) is 1. The molecule has 0 saturated heterocycles. The molecule has 0 spiro atoms. The average molecular weight is 274 g/mol. The van der Waals surface area contributed by atoms with Gasteiger partial charge in [0, 0.05) is 6.54 Å². The molecule has 0 radical (unpaired) electrons. The molecule has 4 nitrogen and oxygen atoms in total. The molecule has 110 valence electrons. The molecule has 4 aliphatic rings. The summed E-state index contributed by atoms with van der Waals surface area (Å²) in [6, 6.07) is 0. The van der Waals surface area contributed by atoms with Gasteiger partial charge in [-0.1, -0.05) is 18.6 Å². The first kappa shape index (κ1) is 12.7. The van der Waals surface area contributed by atoms with Crippen LogP contribution in [0.2, 0.25) is 0 Å². The Kier molecular flexibility index (Phi) is 2.83. The van der Waals surface area contributed by atoms with E-state index in [0.29, 0.717) is 11.2 Å². The van der Waals surface area contributed by atoms with Gasteiger partial charge in [0.15, 0.2) is 5.82 Å². The number of nitrogens with zero attached hydrogens (tertiary/aromatic N) is 3. The van der Waals surface area contributed by atoms with Crippen molar-refractivity contribution in [3.05, 3.63) is 5.69 Å². The molecule has 0 atom stereocenters. The quantitative estimate of drug-likeness (QED) is 0.918. The van der Waals surface area contributed by atoms with Crippen LogP contribution in [0.3, 0.4) is 0 Å². The van der Waals surface area contributed by atoms with E-state index in [9.17, 15) is 0 Å². The number of hydrogen-bond acceptors (Lipinski definition) is 3. The molecule has 0 unspecified atom stereocenters. The summed E-state index contributed by atoms with van der Waals surface area (Å²) in [6.07, 6.45) is 10.9. The standard InChI is InChI=1S/C16H26N4/c1-2-3-14-15(17)18-19-20(14)10-16-7-11-4-12(8-16)6-13(5-11)9-16/h11-13H,2-10,17H2,1H3. The van der Waals surface area contributed by atoms with Gasteiger partial charge in [-0.25, -0.2) is 4.68 Å². The van der Waals surface area contributed by atoms with Crippen molar-refractivity contribution < 1.29 is 0 Å². The zero-order valence-electron chi connectivity index (χ0n) is 12.5. The Morgan fingerprint density at radius 2 is 1.75 bits per heavy atom. The second-order valence-corrected chi connectivity index (χ2v) is 7.75. The Balaban J connectivity index is 1.59. The van der Waals surface area contributed by atoms with Gasteiger partial charge >= 0.3 is 0 Å². The molecular formula is C16H26N4. The summed E-state index contributed by atoms with van der Waals surface area (Å²) in [7, 11) is 0. The third-order valence-corrected chi connectivity index (χ3v) is 6.00. The van der Waals surface area contributed by atoms with E-state index in [0.717, 1.165) is 37.1 Å². The van der Waals surface area contributed by atoms with Crippen LogP contribution in [-0.4, -0.2) is 15.0 Å². The fraction of sp³-hybridized carbons (Fsp3) is 0.875. The second kappa shape index (κ2) is 4.47. The second-order valence-electron chi connectivity index (χ2n) is 7.75. The van der Waals surface area contributed by atoms with E-state index in [1.165, 1.54) is 44.2 Å². The monoisotopic (exact) mass is 274 g/mol. The van der Waals surface area contributed by atoms with E-state index in [4.69, 9.17) is 5.73 Å². The first-order valence-electron chi connectivity index (χ1n) is 8.35. The summed E-state index contributed by atoms with van der Waals surface area (Å²) in [5.74, 6) is 3.64. The molecule has 1 aromatic heterocycles. The van der Waals surface area contributed by atoms with Gasteiger partial charge < -0.3 is 5.73 Å². The van der Waals surface area contributed by atoms with Crippen LogP contribution in [0.1, 0.15) is 57.6 Å². The number of rotatable bonds is 4. The molecule has 1 aromatic rings. The fourth-order valence-electron chi connectivity index (χ4n) is 5.77. The van der Waals surface area contributed by atoms with Gasteiger partial charge in [0.1, 0.15) is 0 Å². The normalized spacial score (nSPS) is 38.5. The predicted molar refractivity (Wildman–Crippen MR) is 79.0 cm³/mol. The smallest absolute Gasteiger partial charge is 0.169 e. The maximum atomic E-state index is 6.00. The van der Waals surface area contributed by atoms with E-state index in [-0.39, 0.29) is 0 Å². The maximum Gasteiger partial charge on any atom is 0.169 e. The molecule has 0 aliphatic heterocycles. The van der Waals surface area contributed by atoms with Crippen LogP contribution in [0, 0.1) is 23.2 Å². The van der Waals surface area contributed by atoms with Crippen LogP contribution in [0.25, 0.3) is 0 Å². The van der Waals surface area contributed by atoms with Crippen molar-refractivity contribution in [2.75, 3.05) is 5.73 Å². The maximum absolute atomic E-state index is 6.00. The minimum Gasteiger partial charge on any atom is -0.381 e. The van der Waals surface area contributed by atoms with E-state index in [1.807, 2.05) is 0 Å². The lowest BCUT2D eigenvalue weighted by Crippen LogP contribution is -2.48. The molecule has 4 heteroatoms. The Bertz CT molecular complexity index is 469. The predicted octanol–water partition coefficient (Wildman–Crippen LogP) is 3.03. The van der Waals surface area contributed by atoms with E-state index >= 15 is 0 Å². The highest BCUT2D eigenvalue weighted by Gasteiger charge is 2.51. The summed E-state index contributed by atoms with van der Waals surface area (Å²) in [5.41, 5.74) is 7.68. The summed E-state index contributed by atoms with van der Waals surface area (Å²) in [6.45, 7) is 3.26. The summed E-state index contributed by atoms with van der Waals surface area (Å²) < 4.78 is 2.14. The molecule has 4 aliphatic carbocycles. The van der Waals surface area contributed by atoms with Crippen LogP contribution >= 0.6 is 0 Å². The summed E-state index contributed by atoms with van der Waals surface area (Å²) in [4.78, 5) is 0. The SMILES string of the molecule is CCCc1c(N)nnn1CC12CC3CC(CC(C3)C1)C2. The van der Waals surface area contributed by atoms with Gasteiger partial charge in [-0.15, -0.1) is 5.10 Å². The molecule has 20 heavy (non-hydrogen) atoms. The van der Waals surface area contributed by atoms with E-state index in [2.05, 4.69) is 21.9 Å². The lowest BCUT2D eigenvalue weighted by Gasteiger charge is -2.56. The zero-order valence-corrected chi connectivity index (χ0v) is 12.5. The van der Waals surface area contributed by atoms with Crippen molar-refractivity contribution in [3.63, 3.8) is 0 Å². The Labute approximate surface area is 121 Å². The third kappa shape index (κ3) is 1.95. The molecule has 4 fully saturated rings. The zero-order chi connectivity index (χ0) is 13.7. The fourth-order valence-corrected chi connectivity index (χ4v) is 5.77. The van der Waals surface area contributed by atoms with Crippen molar-refractivity contribution in [2.45, 2.75) is 64.8 Å². The van der Waals surface area contributed by atoms with Crippen LogP contribution in [0.5, 0.6) is 0 Å². The number of nitrogen functional groups attached to an aromatic ring is 1. The molecule has 4 bridgehead atoms. The molecule has 0 aromatic carbocycles. The van der Waals surface area contributed by atoms with Gasteiger partial charge in [0.25, 0.3) is 0 Å². The van der Waals surface area contributed by atoms with Crippen molar-refractivity contribution in [1.82, 2.24) is 15.0 Å². The van der Waals surface area contributed by atoms with E-state index in [1.54, 1.807) is 0 Å². The molecular weight excluding hydrogens is 248 g/mol. The highest BCUT2D eigenvalue weighted by molar-refractivity contribution is 5.33. The summed E-state index contributed by atoms with van der Waals surface area (Å²) >= 11 is 0. The van der Waals surface area contributed by atoms with Gasteiger partial charge in [-0.2, -0.15) is 0 Å². The average Bonchev–Trinajstić information content (AvgIpc) is 2.70. The lowest BCUT2D eigenvalue weighted by atomic mass is 9.49. The first-order chi connectivity index (χ1) is 9.67. The number of anilines is 1. The summed E-state index contributed by atoms with van der Waals surface area (Å²) in [5, 5.41) is 8.48. The first-order valence-corrected chi connectivity index (χ1v) is 8.35. The number of hydrogen-bond donors (Lipinski definition) is 1. The van der Waals surface area contributed by atoms with Crippen LogP contribution in [0.15, 0.2) is 0 Å². The molecule has 5 rings (SSSR count). The number of aromatic nitrogens is 3. The van der Waals surface area contributed by atoms with Crippen molar-refractivity contribution in [2.24, 2.45) is 23.2 Å². The molecule has 2 N–H and O–H groups in total. The van der Waals surface area contributed by atoms with Crippen molar-refractivity contribution in [3.8, 4) is 0 Å². The largest absolute Gasteiger partial charge is 0.381 e. The Morgan fingerprint density at radius 3 is 2.30 bits per heavy atom. The molecule has 0 amide bonds. The Morgan fingerprint density at radius 1 is 1.15 bits per heavy atom. The highest BCUT2D eigenvalue weighted by Crippen LogP contribution is 2.60. The minimum atomic E-state index is 0.511. The Hall–Kier alpha value is -1.06. The molecule has 1 heterocycles. The van der Waals surface area contributed by atoms with Crippen LogP contribution < -0.4 is 5.73 Å². The van der Waals surface area contributed by atoms with Gasteiger partial charge in [0.2, 0.25) is 0 Å². The van der Waals surface area contributed by atoms with Crippen molar-refractivity contribution >= 4 is 5.82 Å². The van der Waals surface area contributed by atoms with E-state index < -0.39 is 0 Å². The molecule has 4 saturated carbocycles. The van der Waals surface area contributed by atoms with Crippen LogP contribution in [0.4, 0.5) is 5.82 Å². The third-order valence-electron chi connectivity index (χ3n) is 6.00. The topological polar surface area (TPSA) is 56.7 Å².